The molecule has 3 heteroatoms. The minimum absolute atomic E-state index is 0.666. The van der Waals surface area contributed by atoms with Gasteiger partial charge in [0.05, 0.1) is 19.3 Å². The number of hydrogen-bond donors (Lipinski definition) is 1. The molecule has 1 aromatic carbocycles. The van der Waals surface area contributed by atoms with Crippen LogP contribution in [0.2, 0.25) is 0 Å². The summed E-state index contributed by atoms with van der Waals surface area (Å²) in [4.78, 5) is 0. The Balaban J connectivity index is 2.07. The fourth-order valence-electron chi connectivity index (χ4n) is 1.85. The second-order valence-corrected chi connectivity index (χ2v) is 4.28. The first-order chi connectivity index (χ1) is 8.72. The van der Waals surface area contributed by atoms with E-state index >= 15 is 0 Å². The van der Waals surface area contributed by atoms with Gasteiger partial charge in [0.1, 0.15) is 17.3 Å². The molecule has 1 N–H and O–H groups in total. The third-order valence-electron chi connectivity index (χ3n) is 2.87. The first-order valence-electron chi connectivity index (χ1n) is 6.19. The molecule has 0 spiro atoms. The van der Waals surface area contributed by atoms with Crippen molar-refractivity contribution >= 4 is 5.69 Å². The van der Waals surface area contributed by atoms with Crippen LogP contribution in [0.15, 0.2) is 34.7 Å². The van der Waals surface area contributed by atoms with Crippen molar-refractivity contribution in [3.05, 3.63) is 47.4 Å². The largest absolute Gasteiger partial charge is 0.495 e. The van der Waals surface area contributed by atoms with Gasteiger partial charge in [-0.15, -0.1) is 0 Å². The molecular weight excluding hydrogens is 226 g/mol. The van der Waals surface area contributed by atoms with Gasteiger partial charge in [0.25, 0.3) is 0 Å². The predicted octanol–water partition coefficient (Wildman–Crippen LogP) is 3.77. The van der Waals surface area contributed by atoms with E-state index in [9.17, 15) is 0 Å². The average Bonchev–Trinajstić information content (AvgIpc) is 2.84. The number of nitrogens with one attached hydrogen (secondary N) is 1. The van der Waals surface area contributed by atoms with E-state index in [1.165, 1.54) is 5.56 Å². The predicted molar refractivity (Wildman–Crippen MR) is 73.1 cm³/mol. The summed E-state index contributed by atoms with van der Waals surface area (Å²) < 4.78 is 11.0. The van der Waals surface area contributed by atoms with E-state index in [2.05, 4.69) is 25.2 Å². The number of rotatable bonds is 5. The maximum Gasteiger partial charge on any atom is 0.141 e. The Morgan fingerprint density at radius 1 is 1.17 bits per heavy atom. The Kier molecular flexibility index (Phi) is 3.92. The summed E-state index contributed by atoms with van der Waals surface area (Å²) >= 11 is 0. The Morgan fingerprint density at radius 2 is 1.94 bits per heavy atom. The molecule has 3 nitrogen and oxygen atoms in total. The number of aryl methyl sites for hydroxylation is 2. The molecule has 0 fully saturated rings. The lowest BCUT2D eigenvalue weighted by Crippen LogP contribution is -2.00. The molecular formula is C15H19NO2. The fourth-order valence-corrected chi connectivity index (χ4v) is 1.85. The highest BCUT2D eigenvalue weighted by Crippen LogP contribution is 2.25. The van der Waals surface area contributed by atoms with E-state index in [1.807, 2.05) is 24.3 Å². The van der Waals surface area contributed by atoms with Crippen LogP contribution in [0.3, 0.4) is 0 Å². The highest BCUT2D eigenvalue weighted by atomic mass is 16.5. The molecule has 2 rings (SSSR count). The first-order valence-corrected chi connectivity index (χ1v) is 6.19. The number of ether oxygens (including phenoxy) is 1. The molecule has 0 aliphatic carbocycles. The van der Waals surface area contributed by atoms with Crippen molar-refractivity contribution in [3.63, 3.8) is 0 Å². The quantitative estimate of drug-likeness (QED) is 0.870. The van der Waals surface area contributed by atoms with Gasteiger partial charge in [-0.2, -0.15) is 0 Å². The molecule has 0 unspecified atom stereocenters. The van der Waals surface area contributed by atoms with Crippen LogP contribution in [-0.2, 0) is 13.0 Å². The van der Waals surface area contributed by atoms with Gasteiger partial charge in [-0.25, -0.2) is 0 Å². The van der Waals surface area contributed by atoms with Gasteiger partial charge in [-0.1, -0.05) is 13.0 Å². The third kappa shape index (κ3) is 2.86. The Hall–Kier alpha value is -1.90. The lowest BCUT2D eigenvalue weighted by Gasteiger charge is -2.10. The number of hydrogen-bond acceptors (Lipinski definition) is 3. The van der Waals surface area contributed by atoms with Crippen LogP contribution in [0.25, 0.3) is 0 Å². The van der Waals surface area contributed by atoms with Gasteiger partial charge in [-0.3, -0.25) is 0 Å². The van der Waals surface area contributed by atoms with Crippen molar-refractivity contribution in [2.24, 2.45) is 0 Å². The van der Waals surface area contributed by atoms with Crippen molar-refractivity contribution < 1.29 is 9.15 Å². The van der Waals surface area contributed by atoms with E-state index in [0.29, 0.717) is 6.54 Å². The smallest absolute Gasteiger partial charge is 0.141 e. The van der Waals surface area contributed by atoms with Gasteiger partial charge >= 0.3 is 0 Å². The van der Waals surface area contributed by atoms with Crippen molar-refractivity contribution in [3.8, 4) is 5.75 Å². The van der Waals surface area contributed by atoms with Gasteiger partial charge < -0.3 is 14.5 Å². The van der Waals surface area contributed by atoms with E-state index in [1.54, 1.807) is 7.11 Å². The van der Waals surface area contributed by atoms with Gasteiger partial charge in [0, 0.05) is 6.42 Å². The molecule has 0 saturated carbocycles. The van der Waals surface area contributed by atoms with Crippen molar-refractivity contribution in [1.29, 1.82) is 0 Å². The zero-order valence-corrected chi connectivity index (χ0v) is 11.1. The SMILES string of the molecule is CCc1ccc(CNc2cc(C)ccc2OC)o1. The van der Waals surface area contributed by atoms with Crippen LogP contribution in [0, 0.1) is 6.92 Å². The second kappa shape index (κ2) is 5.63. The van der Waals surface area contributed by atoms with E-state index in [0.717, 1.165) is 29.4 Å². The maximum absolute atomic E-state index is 5.65. The molecule has 1 heterocycles. The van der Waals surface area contributed by atoms with Crippen molar-refractivity contribution in [1.82, 2.24) is 0 Å². The fraction of sp³-hybridized carbons (Fsp3) is 0.333. The van der Waals surface area contributed by atoms with E-state index in [4.69, 9.17) is 9.15 Å². The Labute approximate surface area is 108 Å². The van der Waals surface area contributed by atoms with Crippen molar-refractivity contribution in [2.45, 2.75) is 26.8 Å². The number of benzene rings is 1. The minimum atomic E-state index is 0.666. The molecule has 0 atom stereocenters. The molecule has 2 aromatic rings. The topological polar surface area (TPSA) is 34.4 Å². The Morgan fingerprint density at radius 3 is 2.61 bits per heavy atom. The summed E-state index contributed by atoms with van der Waals surface area (Å²) in [5, 5.41) is 3.34. The highest BCUT2D eigenvalue weighted by Gasteiger charge is 2.04. The minimum Gasteiger partial charge on any atom is -0.495 e. The molecule has 0 saturated heterocycles. The van der Waals surface area contributed by atoms with Crippen LogP contribution in [0.4, 0.5) is 5.69 Å². The highest BCUT2D eigenvalue weighted by molar-refractivity contribution is 5.57. The molecule has 0 aliphatic rings. The Bertz CT molecular complexity index is 517. The standard InChI is InChI=1S/C15H19NO2/c1-4-12-6-7-13(18-12)10-16-14-9-11(2)5-8-15(14)17-3/h5-9,16H,4,10H2,1-3H3. The summed E-state index contributed by atoms with van der Waals surface area (Å²) in [5.41, 5.74) is 2.19. The molecule has 0 bridgehead atoms. The third-order valence-corrected chi connectivity index (χ3v) is 2.87. The van der Waals surface area contributed by atoms with Crippen LogP contribution < -0.4 is 10.1 Å². The molecule has 1 aromatic heterocycles. The summed E-state index contributed by atoms with van der Waals surface area (Å²) in [6.45, 7) is 4.81. The van der Waals surface area contributed by atoms with Crippen LogP contribution >= 0.6 is 0 Å². The summed E-state index contributed by atoms with van der Waals surface area (Å²) in [6, 6.07) is 10.1. The van der Waals surface area contributed by atoms with Gasteiger partial charge in [0.15, 0.2) is 0 Å². The maximum atomic E-state index is 5.65. The lowest BCUT2D eigenvalue weighted by molar-refractivity contribution is 0.416. The van der Waals surface area contributed by atoms with Gasteiger partial charge in [0.2, 0.25) is 0 Å². The average molecular weight is 245 g/mol. The summed E-state index contributed by atoms with van der Waals surface area (Å²) in [7, 11) is 1.68. The molecule has 0 amide bonds. The lowest BCUT2D eigenvalue weighted by atomic mass is 10.2. The zero-order valence-electron chi connectivity index (χ0n) is 11.1. The van der Waals surface area contributed by atoms with Crippen LogP contribution in [0.5, 0.6) is 5.75 Å². The molecule has 0 radical (unpaired) electrons. The monoisotopic (exact) mass is 245 g/mol. The van der Waals surface area contributed by atoms with Crippen molar-refractivity contribution in [2.75, 3.05) is 12.4 Å². The first kappa shape index (κ1) is 12.6. The molecule has 0 aliphatic heterocycles. The van der Waals surface area contributed by atoms with Gasteiger partial charge in [-0.05, 0) is 36.8 Å². The van der Waals surface area contributed by atoms with E-state index in [-0.39, 0.29) is 0 Å². The number of furan rings is 1. The summed E-state index contributed by atoms with van der Waals surface area (Å²) in [5.74, 6) is 2.81. The van der Waals surface area contributed by atoms with Crippen LogP contribution in [0.1, 0.15) is 24.0 Å². The van der Waals surface area contributed by atoms with E-state index < -0.39 is 0 Å². The second-order valence-electron chi connectivity index (χ2n) is 4.28. The zero-order chi connectivity index (χ0) is 13.0. The number of methoxy groups -OCH3 is 1. The molecule has 18 heavy (non-hydrogen) atoms. The number of anilines is 1. The summed E-state index contributed by atoms with van der Waals surface area (Å²) in [6.07, 6.45) is 0.924. The van der Waals surface area contributed by atoms with Crippen LogP contribution in [-0.4, -0.2) is 7.11 Å². The molecule has 96 valence electrons. The normalized spacial score (nSPS) is 10.4.